The lowest BCUT2D eigenvalue weighted by molar-refractivity contribution is -0.145. The molecular formula is C56H72F4N10O7S. The number of hydrogen-bond donors (Lipinski definition) is 5. The van der Waals surface area contributed by atoms with E-state index in [9.17, 15) is 42.2 Å². The molecule has 4 fully saturated rings. The fourth-order valence-electron chi connectivity index (χ4n) is 10.6. The van der Waals surface area contributed by atoms with Gasteiger partial charge in [-0.15, -0.1) is 11.3 Å². The van der Waals surface area contributed by atoms with Gasteiger partial charge in [0.05, 0.1) is 47.9 Å². The van der Waals surface area contributed by atoms with E-state index in [1.54, 1.807) is 32.5 Å². The Kier molecular flexibility index (Phi) is 17.7. The number of rotatable bonds is 21. The number of anilines is 1. The van der Waals surface area contributed by atoms with Crippen LogP contribution in [0.2, 0.25) is 0 Å². The first-order valence-electron chi connectivity index (χ1n) is 27.1. The Labute approximate surface area is 456 Å². The maximum atomic E-state index is 14.7. The van der Waals surface area contributed by atoms with Crippen LogP contribution in [-0.4, -0.2) is 164 Å². The molecule has 0 bridgehead atoms. The molecule has 5 N–H and O–H groups in total. The summed E-state index contributed by atoms with van der Waals surface area (Å²) in [7, 11) is 0. The van der Waals surface area contributed by atoms with E-state index in [0.29, 0.717) is 43.0 Å². The molecule has 422 valence electrons. The number of nitrogens with zero attached hydrogens (tertiary/aromatic N) is 7. The molecule has 2 aliphatic heterocycles. The zero-order chi connectivity index (χ0) is 55.4. The van der Waals surface area contributed by atoms with E-state index in [1.807, 2.05) is 25.1 Å². The van der Waals surface area contributed by atoms with Crippen LogP contribution >= 0.6 is 11.3 Å². The van der Waals surface area contributed by atoms with Gasteiger partial charge in [0.25, 0.3) is 5.91 Å². The van der Waals surface area contributed by atoms with Gasteiger partial charge in [0.1, 0.15) is 30.1 Å². The van der Waals surface area contributed by atoms with Crippen molar-refractivity contribution < 1.29 is 51.6 Å². The zero-order valence-electron chi connectivity index (χ0n) is 44.8. The Morgan fingerprint density at radius 3 is 2.31 bits per heavy atom. The number of hydrogen-bond acceptors (Lipinski definition) is 14. The Morgan fingerprint density at radius 1 is 0.910 bits per heavy atom. The van der Waals surface area contributed by atoms with Crippen LogP contribution in [0.1, 0.15) is 95.0 Å². The maximum absolute atomic E-state index is 14.7. The minimum atomic E-state index is -4.29. The number of halogens is 4. The number of carbonyl (C=O) groups excluding carboxylic acids is 3. The standard InChI is InChI=1S/C56H72F4N10O7S/c1-35-47(78-34-64-35)38-9-10-39(29-62-50(73)45-28-42(72)32-70(45)51(74)48(54(2,3)4)65-52(75)55(57)15-16-55)46(27-38)77-26-25-76-24-23-67-19-21-68(22-20-67)31-36-5-7-37(8-6-36)44-33-69(40-11-13-41(71)14-12-40)49-43(44)30-63-53(66-49)61-18-17-56(58,59)60/h5-10,27,30,33-34,40-42,45,48,71-72H,11-26,28-29,31-32H2,1-4H3,(H,62,73)(H,65,75)(H,61,63,66)/t40-,41-,42-,45+,48-/m1/s1. The van der Waals surface area contributed by atoms with Gasteiger partial charge >= 0.3 is 6.18 Å². The molecule has 5 heterocycles. The molecule has 3 aromatic heterocycles. The lowest BCUT2D eigenvalue weighted by Crippen LogP contribution is -2.59. The third kappa shape index (κ3) is 14.1. The summed E-state index contributed by atoms with van der Waals surface area (Å²) in [6.45, 7) is 13.1. The Bertz CT molecular complexity index is 2880. The maximum Gasteiger partial charge on any atom is 0.390 e. The van der Waals surface area contributed by atoms with E-state index in [2.05, 4.69) is 75.7 Å². The molecule has 9 rings (SSSR count). The summed E-state index contributed by atoms with van der Waals surface area (Å²) >= 11 is 1.51. The predicted molar refractivity (Wildman–Crippen MR) is 288 cm³/mol. The fourth-order valence-corrected chi connectivity index (χ4v) is 11.4. The average molecular weight is 1110 g/mol. The minimum absolute atomic E-state index is 0.0128. The summed E-state index contributed by atoms with van der Waals surface area (Å²) < 4.78 is 67.8. The third-order valence-corrected chi connectivity index (χ3v) is 16.4. The van der Waals surface area contributed by atoms with Crippen molar-refractivity contribution in [2.75, 3.05) is 71.0 Å². The van der Waals surface area contributed by atoms with Crippen LogP contribution in [0, 0.1) is 12.3 Å². The third-order valence-electron chi connectivity index (χ3n) is 15.4. The summed E-state index contributed by atoms with van der Waals surface area (Å²) in [5, 5.41) is 30.0. The van der Waals surface area contributed by atoms with Crippen molar-refractivity contribution in [3.8, 4) is 27.3 Å². The van der Waals surface area contributed by atoms with Crippen LogP contribution in [-0.2, 0) is 32.2 Å². The van der Waals surface area contributed by atoms with Gasteiger partial charge in [-0.2, -0.15) is 18.2 Å². The molecule has 4 aliphatic rings. The molecule has 22 heteroatoms. The number of β-amino-alcohol motifs (C(OH)–C–C–N with tert-alkyl or cyclic N) is 1. The monoisotopic (exact) mass is 1100 g/mol. The number of piperazine rings is 1. The van der Waals surface area contributed by atoms with Crippen molar-refractivity contribution in [3.05, 3.63) is 77.2 Å². The van der Waals surface area contributed by atoms with Crippen LogP contribution in [0.15, 0.2) is 60.4 Å². The average Bonchev–Trinajstić information content (AvgIpc) is 3.68. The van der Waals surface area contributed by atoms with E-state index < -0.39 is 59.6 Å². The molecule has 17 nitrogen and oxygen atoms in total. The molecule has 2 aromatic carbocycles. The first-order valence-corrected chi connectivity index (χ1v) is 28.0. The number of fused-ring (bicyclic) bond motifs is 1. The Balaban J connectivity index is 0.743. The normalized spacial score (nSPS) is 21.4. The van der Waals surface area contributed by atoms with Crippen molar-refractivity contribution in [1.82, 2.24) is 44.9 Å². The molecule has 0 spiro atoms. The molecule has 3 amide bonds. The van der Waals surface area contributed by atoms with Gasteiger partial charge in [-0.3, -0.25) is 24.2 Å². The highest BCUT2D eigenvalue weighted by molar-refractivity contribution is 7.13. The number of aryl methyl sites for hydroxylation is 1. The minimum Gasteiger partial charge on any atom is -0.491 e. The van der Waals surface area contributed by atoms with Crippen molar-refractivity contribution in [3.63, 3.8) is 0 Å². The number of thiazole rings is 1. The van der Waals surface area contributed by atoms with E-state index in [0.717, 1.165) is 84.8 Å². The van der Waals surface area contributed by atoms with Crippen LogP contribution in [0.25, 0.3) is 32.6 Å². The van der Waals surface area contributed by atoms with Crippen molar-refractivity contribution >= 4 is 46.0 Å². The molecule has 2 saturated heterocycles. The second-order valence-corrected chi connectivity index (χ2v) is 23.2. The van der Waals surface area contributed by atoms with Crippen molar-refractivity contribution in [2.24, 2.45) is 5.41 Å². The highest BCUT2D eigenvalue weighted by Gasteiger charge is 2.53. The number of aliphatic hydroxyl groups excluding tert-OH is 2. The van der Waals surface area contributed by atoms with Crippen LogP contribution in [0.5, 0.6) is 5.75 Å². The van der Waals surface area contributed by atoms with Crippen molar-refractivity contribution in [1.29, 1.82) is 0 Å². The van der Waals surface area contributed by atoms with Crippen LogP contribution in [0.4, 0.5) is 23.5 Å². The van der Waals surface area contributed by atoms with Crippen molar-refractivity contribution in [2.45, 2.75) is 134 Å². The molecule has 3 atom stereocenters. The topological polar surface area (TPSA) is 200 Å². The summed E-state index contributed by atoms with van der Waals surface area (Å²) in [6, 6.07) is 12.2. The first kappa shape index (κ1) is 56.9. The van der Waals surface area contributed by atoms with Gasteiger partial charge in [0, 0.05) is 100 Å². The lowest BCUT2D eigenvalue weighted by Gasteiger charge is -2.35. The molecular weight excluding hydrogens is 1030 g/mol. The smallest absolute Gasteiger partial charge is 0.390 e. The number of nitrogens with one attached hydrogen (secondary N) is 3. The summed E-state index contributed by atoms with van der Waals surface area (Å²) in [5.74, 6) is -1.15. The quantitative estimate of drug-likeness (QED) is 0.0366. The van der Waals surface area contributed by atoms with Gasteiger partial charge in [-0.25, -0.2) is 14.4 Å². The van der Waals surface area contributed by atoms with E-state index in [1.165, 1.54) is 21.8 Å². The van der Waals surface area contributed by atoms with Crippen LogP contribution in [0.3, 0.4) is 0 Å². The highest BCUT2D eigenvalue weighted by Crippen LogP contribution is 2.41. The van der Waals surface area contributed by atoms with E-state index in [-0.39, 0.29) is 63.6 Å². The predicted octanol–water partition coefficient (Wildman–Crippen LogP) is 7.19. The molecule has 5 aromatic rings. The molecule has 78 heavy (non-hydrogen) atoms. The number of aromatic nitrogens is 4. The van der Waals surface area contributed by atoms with Gasteiger partial charge in [-0.05, 0) is 73.6 Å². The zero-order valence-corrected chi connectivity index (χ0v) is 45.6. The van der Waals surface area contributed by atoms with Gasteiger partial charge in [0.2, 0.25) is 17.8 Å². The molecule has 2 saturated carbocycles. The molecule has 0 radical (unpaired) electrons. The number of benzene rings is 2. The lowest BCUT2D eigenvalue weighted by atomic mass is 9.85. The fraction of sp³-hybridized carbons (Fsp3) is 0.571. The number of alkyl halides is 4. The Hall–Kier alpha value is -5.78. The highest BCUT2D eigenvalue weighted by atomic mass is 32.1. The van der Waals surface area contributed by atoms with Gasteiger partial charge < -0.3 is 45.1 Å². The Morgan fingerprint density at radius 2 is 1.63 bits per heavy atom. The largest absolute Gasteiger partial charge is 0.491 e. The second kappa shape index (κ2) is 24.3. The van der Waals surface area contributed by atoms with Crippen LogP contribution < -0.4 is 20.7 Å². The second-order valence-electron chi connectivity index (χ2n) is 22.4. The number of amides is 3. The molecule has 2 aliphatic carbocycles. The number of aliphatic hydroxyl groups is 2. The number of carbonyl (C=O) groups is 3. The van der Waals surface area contributed by atoms with E-state index in [4.69, 9.17) is 9.47 Å². The number of likely N-dealkylation sites (tertiary alicyclic amines) is 1. The van der Waals surface area contributed by atoms with Gasteiger partial charge in [0.15, 0.2) is 5.67 Å². The first-order chi connectivity index (χ1) is 37.2. The number of ether oxygens (including phenoxy) is 2. The SMILES string of the molecule is Cc1ncsc1-c1ccc(CNC(=O)[C@@H]2C[C@@H](O)CN2C(=O)[C@@H](NC(=O)C2(F)CC2)C(C)(C)C)c(OCCOCCN2CCN(Cc3ccc(-c4cn([C@H]5CC[C@H](O)CC5)c5nc(NCCC(F)(F)F)ncc45)cc3)CC2)c1. The summed E-state index contributed by atoms with van der Waals surface area (Å²) in [4.78, 5) is 61.1. The van der Waals surface area contributed by atoms with E-state index >= 15 is 0 Å². The summed E-state index contributed by atoms with van der Waals surface area (Å²) in [5.41, 5.74) is 5.28. The van der Waals surface area contributed by atoms with Gasteiger partial charge in [-0.1, -0.05) is 57.2 Å². The summed E-state index contributed by atoms with van der Waals surface area (Å²) in [6.07, 6.45) is 0.298. The molecule has 0 unspecified atom stereocenters.